The van der Waals surface area contributed by atoms with Crippen molar-refractivity contribution in [3.63, 3.8) is 0 Å². The van der Waals surface area contributed by atoms with Crippen molar-refractivity contribution in [3.05, 3.63) is 52.5 Å². The third kappa shape index (κ3) is 2.84. The standard InChI is InChI=1S/C19H18N4O4S/c1-26-13-8-10(9-14(27-2)16(13)24)17-20-12-7-5-4-6-11(12)15-18(25)21-19(28-3)22-23(15)17/h4-9,17,24H,1-3H3,(H,21,22,25). The molecule has 1 amide bonds. The third-order valence-corrected chi connectivity index (χ3v) is 5.08. The lowest BCUT2D eigenvalue weighted by Gasteiger charge is -2.34. The van der Waals surface area contributed by atoms with Crippen LogP contribution in [-0.2, 0) is 4.79 Å². The zero-order valence-corrected chi connectivity index (χ0v) is 16.3. The van der Waals surface area contributed by atoms with E-state index in [4.69, 9.17) is 14.5 Å². The zero-order valence-electron chi connectivity index (χ0n) is 15.5. The van der Waals surface area contributed by atoms with E-state index in [-0.39, 0.29) is 23.2 Å². The molecule has 0 fully saturated rings. The van der Waals surface area contributed by atoms with Crippen LogP contribution in [0.3, 0.4) is 0 Å². The first kappa shape index (κ1) is 18.2. The van der Waals surface area contributed by atoms with E-state index in [1.165, 1.54) is 26.0 Å². The van der Waals surface area contributed by atoms with Crippen LogP contribution in [0, 0.1) is 0 Å². The molecule has 28 heavy (non-hydrogen) atoms. The number of phenols is 1. The SMILES string of the molecule is COc1cc(C2N=c3ccccc3=C3C(=O)NC(SC)=NN32)cc(OC)c1O. The number of ether oxygens (including phenoxy) is 2. The van der Waals surface area contributed by atoms with E-state index in [1.54, 1.807) is 17.1 Å². The summed E-state index contributed by atoms with van der Waals surface area (Å²) in [5.74, 6) is 0.157. The zero-order chi connectivity index (χ0) is 19.8. The van der Waals surface area contributed by atoms with E-state index in [1.807, 2.05) is 30.5 Å². The van der Waals surface area contributed by atoms with Crippen LogP contribution in [0.4, 0.5) is 0 Å². The van der Waals surface area contributed by atoms with Gasteiger partial charge in [-0.3, -0.25) is 15.1 Å². The number of aromatic hydroxyl groups is 1. The molecule has 1 atom stereocenters. The monoisotopic (exact) mass is 398 g/mol. The van der Waals surface area contributed by atoms with Gasteiger partial charge in [0.1, 0.15) is 5.70 Å². The highest BCUT2D eigenvalue weighted by molar-refractivity contribution is 8.13. The fourth-order valence-electron chi connectivity index (χ4n) is 3.20. The van der Waals surface area contributed by atoms with E-state index < -0.39 is 6.17 Å². The van der Waals surface area contributed by atoms with Gasteiger partial charge in [-0.1, -0.05) is 30.0 Å². The Kier molecular flexibility index (Phi) is 4.60. The maximum absolute atomic E-state index is 12.8. The van der Waals surface area contributed by atoms with Crippen LogP contribution >= 0.6 is 11.8 Å². The number of carbonyl (C=O) groups is 1. The number of amides is 1. The van der Waals surface area contributed by atoms with Crippen molar-refractivity contribution in [1.82, 2.24) is 10.3 Å². The number of thioether (sulfide) groups is 1. The van der Waals surface area contributed by atoms with E-state index in [0.717, 1.165) is 0 Å². The number of amidine groups is 1. The summed E-state index contributed by atoms with van der Waals surface area (Å²) in [4.78, 5) is 17.6. The molecule has 8 nitrogen and oxygen atoms in total. The summed E-state index contributed by atoms with van der Waals surface area (Å²) in [6.07, 6.45) is 1.21. The minimum atomic E-state index is -0.624. The van der Waals surface area contributed by atoms with Gasteiger partial charge in [0.2, 0.25) is 5.75 Å². The molecule has 4 rings (SSSR count). The highest BCUT2D eigenvalue weighted by Crippen LogP contribution is 2.41. The van der Waals surface area contributed by atoms with Crippen LogP contribution in [-0.4, -0.2) is 41.7 Å². The lowest BCUT2D eigenvalue weighted by atomic mass is 10.1. The van der Waals surface area contributed by atoms with Gasteiger partial charge < -0.3 is 14.6 Å². The molecule has 2 heterocycles. The summed E-state index contributed by atoms with van der Waals surface area (Å²) in [6, 6.07) is 10.7. The molecule has 0 radical (unpaired) electrons. The van der Waals surface area contributed by atoms with E-state index in [2.05, 4.69) is 10.4 Å². The summed E-state index contributed by atoms with van der Waals surface area (Å²) in [5.41, 5.74) is 1.08. The quantitative estimate of drug-likeness (QED) is 0.798. The van der Waals surface area contributed by atoms with Crippen molar-refractivity contribution in [2.24, 2.45) is 10.1 Å². The van der Waals surface area contributed by atoms with Crippen LogP contribution in [0.1, 0.15) is 11.7 Å². The van der Waals surface area contributed by atoms with Crippen LogP contribution in [0.25, 0.3) is 5.70 Å². The van der Waals surface area contributed by atoms with Crippen molar-refractivity contribution in [2.75, 3.05) is 20.5 Å². The van der Waals surface area contributed by atoms with Crippen LogP contribution < -0.4 is 25.4 Å². The molecule has 2 N–H and O–H groups in total. The Morgan fingerprint density at radius 2 is 1.86 bits per heavy atom. The Labute approximate surface area is 165 Å². The van der Waals surface area contributed by atoms with E-state index in [0.29, 0.717) is 27.0 Å². The first-order valence-corrected chi connectivity index (χ1v) is 9.65. The van der Waals surface area contributed by atoms with Crippen LogP contribution in [0.2, 0.25) is 0 Å². The fraction of sp³-hybridized carbons (Fsp3) is 0.211. The highest BCUT2D eigenvalue weighted by atomic mass is 32.2. The number of nitrogens with zero attached hydrogens (tertiary/aromatic N) is 3. The summed E-state index contributed by atoms with van der Waals surface area (Å²) < 4.78 is 10.5. The first-order valence-electron chi connectivity index (χ1n) is 8.42. The molecule has 2 aliphatic rings. The van der Waals surface area contributed by atoms with Crippen molar-refractivity contribution in [2.45, 2.75) is 6.17 Å². The number of methoxy groups -OCH3 is 2. The highest BCUT2D eigenvalue weighted by Gasteiger charge is 2.35. The van der Waals surface area contributed by atoms with Crippen LogP contribution in [0.15, 0.2) is 46.5 Å². The van der Waals surface area contributed by atoms with Crippen LogP contribution in [0.5, 0.6) is 17.2 Å². The maximum Gasteiger partial charge on any atom is 0.276 e. The summed E-state index contributed by atoms with van der Waals surface area (Å²) in [6.45, 7) is 0. The maximum atomic E-state index is 12.8. The smallest absolute Gasteiger partial charge is 0.276 e. The molecule has 2 aliphatic heterocycles. The third-order valence-electron chi connectivity index (χ3n) is 4.51. The largest absolute Gasteiger partial charge is 0.502 e. The Balaban J connectivity index is 1.98. The number of hydrazone groups is 1. The molecule has 0 saturated heterocycles. The number of para-hydroxylation sites is 1. The van der Waals surface area contributed by atoms with Gasteiger partial charge in [-0.05, 0) is 24.5 Å². The van der Waals surface area contributed by atoms with Gasteiger partial charge in [0.05, 0.1) is 19.6 Å². The van der Waals surface area contributed by atoms with Gasteiger partial charge in [0.15, 0.2) is 22.8 Å². The van der Waals surface area contributed by atoms with Crippen molar-refractivity contribution < 1.29 is 19.4 Å². The average Bonchev–Trinajstić information content (AvgIpc) is 2.72. The Morgan fingerprint density at radius 1 is 1.18 bits per heavy atom. The molecule has 0 bridgehead atoms. The number of hydrogen-bond acceptors (Lipinski definition) is 8. The van der Waals surface area contributed by atoms with Crippen molar-refractivity contribution >= 4 is 28.5 Å². The number of rotatable bonds is 3. The predicted molar refractivity (Wildman–Crippen MR) is 106 cm³/mol. The number of benzene rings is 2. The lowest BCUT2D eigenvalue weighted by molar-refractivity contribution is -0.116. The first-order chi connectivity index (χ1) is 13.6. The molecule has 144 valence electrons. The Bertz CT molecular complexity index is 1090. The van der Waals surface area contributed by atoms with Gasteiger partial charge in [-0.25, -0.2) is 5.01 Å². The minimum Gasteiger partial charge on any atom is -0.502 e. The van der Waals surface area contributed by atoms with Crippen molar-refractivity contribution in [1.29, 1.82) is 0 Å². The second-order valence-corrected chi connectivity index (χ2v) is 6.85. The molecule has 0 spiro atoms. The topological polar surface area (TPSA) is 95.8 Å². The fourth-order valence-corrected chi connectivity index (χ4v) is 3.56. The molecule has 9 heteroatoms. The number of nitrogens with one attached hydrogen (secondary N) is 1. The Hall–Kier alpha value is -3.20. The van der Waals surface area contributed by atoms with E-state index in [9.17, 15) is 9.90 Å². The summed E-state index contributed by atoms with van der Waals surface area (Å²) >= 11 is 1.33. The molecule has 0 saturated carbocycles. The van der Waals surface area contributed by atoms with Gasteiger partial charge in [0.25, 0.3) is 5.91 Å². The molecular weight excluding hydrogens is 380 g/mol. The average molecular weight is 398 g/mol. The Morgan fingerprint density at radius 3 is 2.50 bits per heavy atom. The molecule has 2 aromatic rings. The molecular formula is C19H18N4O4S. The van der Waals surface area contributed by atoms with E-state index >= 15 is 0 Å². The second-order valence-electron chi connectivity index (χ2n) is 6.05. The second kappa shape index (κ2) is 7.08. The molecule has 0 aliphatic carbocycles. The van der Waals surface area contributed by atoms with Gasteiger partial charge in [-0.2, -0.15) is 0 Å². The lowest BCUT2D eigenvalue weighted by Crippen LogP contribution is -2.50. The summed E-state index contributed by atoms with van der Waals surface area (Å²) in [7, 11) is 2.92. The minimum absolute atomic E-state index is 0.0983. The summed E-state index contributed by atoms with van der Waals surface area (Å²) in [5, 5.41) is 21.1. The number of carbonyl (C=O) groups excluding carboxylic acids is 1. The number of hydrogen-bond donors (Lipinski definition) is 2. The van der Waals surface area contributed by atoms with Gasteiger partial charge in [-0.15, -0.1) is 5.10 Å². The molecule has 2 aromatic carbocycles. The van der Waals surface area contributed by atoms with Gasteiger partial charge in [0, 0.05) is 10.8 Å². The predicted octanol–water partition coefficient (Wildman–Crippen LogP) is 0.915. The number of fused-ring (bicyclic) bond motifs is 2. The normalized spacial score (nSPS) is 17.8. The van der Waals surface area contributed by atoms with Gasteiger partial charge >= 0.3 is 0 Å². The molecule has 0 aromatic heterocycles. The van der Waals surface area contributed by atoms with Crippen molar-refractivity contribution in [3.8, 4) is 17.2 Å². The number of phenolic OH excluding ortho intramolecular Hbond substituents is 1. The molecule has 1 unspecified atom stereocenters.